The summed E-state index contributed by atoms with van der Waals surface area (Å²) in [6.45, 7) is 0. The van der Waals surface area contributed by atoms with Crippen molar-refractivity contribution in [3.05, 3.63) is 22.0 Å². The van der Waals surface area contributed by atoms with E-state index in [1.165, 1.54) is 23.5 Å². The number of hydrogen-bond acceptors (Lipinski definition) is 3. The molecule has 0 bridgehead atoms. The van der Waals surface area contributed by atoms with Crippen LogP contribution < -0.4 is 0 Å². The molecule has 0 radical (unpaired) electrons. The fourth-order valence-corrected chi connectivity index (χ4v) is 2.75. The highest BCUT2D eigenvalue weighted by Gasteiger charge is 2.09. The van der Waals surface area contributed by atoms with E-state index in [-0.39, 0.29) is 11.5 Å². The summed E-state index contributed by atoms with van der Waals surface area (Å²) in [6, 6.07) is 2.97. The van der Waals surface area contributed by atoms with Crippen LogP contribution in [0.2, 0.25) is 0 Å². The predicted octanol–water partition coefficient (Wildman–Crippen LogP) is 3.08. The first-order valence-electron chi connectivity index (χ1n) is 3.28. The van der Waals surface area contributed by atoms with E-state index in [0.717, 1.165) is 4.47 Å². The first kappa shape index (κ1) is 7.89. The molecule has 1 aromatic heterocycles. The van der Waals surface area contributed by atoms with Crippen LogP contribution >= 0.6 is 27.3 Å². The van der Waals surface area contributed by atoms with Crippen LogP contribution in [-0.4, -0.2) is 10.2 Å². The lowest BCUT2D eigenvalue weighted by atomic mass is 10.2. The fourth-order valence-electron chi connectivity index (χ4n) is 1.08. The third-order valence-corrected chi connectivity index (χ3v) is 3.56. The molecule has 4 heteroatoms. The summed E-state index contributed by atoms with van der Waals surface area (Å²) in [5.74, 6) is 0.398. The second kappa shape index (κ2) is 2.64. The van der Waals surface area contributed by atoms with Crippen LogP contribution in [0.4, 0.5) is 0 Å². The van der Waals surface area contributed by atoms with Gasteiger partial charge in [-0.1, -0.05) is 0 Å². The Morgan fingerprint density at radius 3 is 2.50 bits per heavy atom. The maximum Gasteiger partial charge on any atom is 0.133 e. The average Bonchev–Trinajstić information content (AvgIpc) is 2.42. The van der Waals surface area contributed by atoms with E-state index >= 15 is 0 Å². The van der Waals surface area contributed by atoms with Crippen LogP contribution in [0.15, 0.2) is 22.0 Å². The molecule has 2 N–H and O–H groups in total. The lowest BCUT2D eigenvalue weighted by Gasteiger charge is -1.97. The van der Waals surface area contributed by atoms with Gasteiger partial charge in [-0.25, -0.2) is 0 Å². The molecule has 12 heavy (non-hydrogen) atoms. The zero-order valence-corrected chi connectivity index (χ0v) is 8.32. The van der Waals surface area contributed by atoms with Gasteiger partial charge >= 0.3 is 0 Å². The Morgan fingerprint density at radius 2 is 1.83 bits per heavy atom. The number of halogens is 1. The summed E-state index contributed by atoms with van der Waals surface area (Å²) in [7, 11) is 0. The second-order valence-corrected chi connectivity index (χ2v) is 4.13. The molecule has 0 atom stereocenters. The highest BCUT2D eigenvalue weighted by molar-refractivity contribution is 9.10. The summed E-state index contributed by atoms with van der Waals surface area (Å²) in [6.07, 6.45) is 0. The minimum absolute atomic E-state index is 0.191. The van der Waals surface area contributed by atoms with Gasteiger partial charge in [-0.3, -0.25) is 0 Å². The first-order chi connectivity index (χ1) is 5.70. The lowest BCUT2D eigenvalue weighted by molar-refractivity contribution is 0.470. The van der Waals surface area contributed by atoms with Crippen LogP contribution in [0.5, 0.6) is 11.5 Å². The Balaban J connectivity index is 2.98. The minimum atomic E-state index is 0.191. The molecular weight excluding hydrogens is 240 g/mol. The van der Waals surface area contributed by atoms with Crippen molar-refractivity contribution >= 4 is 37.4 Å². The van der Waals surface area contributed by atoms with E-state index in [9.17, 15) is 10.2 Å². The molecule has 2 rings (SSSR count). The van der Waals surface area contributed by atoms with Gasteiger partial charge < -0.3 is 10.2 Å². The molecule has 0 aliphatic rings. The van der Waals surface area contributed by atoms with Crippen molar-refractivity contribution in [3.8, 4) is 11.5 Å². The molecule has 62 valence electrons. The topological polar surface area (TPSA) is 40.5 Å². The molecule has 0 amide bonds. The highest BCUT2D eigenvalue weighted by Crippen LogP contribution is 2.41. The Bertz CT molecular complexity index is 436. The van der Waals surface area contributed by atoms with E-state index in [1.807, 2.05) is 5.38 Å². The number of phenolic OH excluding ortho intramolecular Hbond substituents is 2. The number of hydrogen-bond donors (Lipinski definition) is 2. The normalized spacial score (nSPS) is 10.8. The molecule has 0 aliphatic carbocycles. The molecule has 2 nitrogen and oxygen atoms in total. The third-order valence-electron chi connectivity index (χ3n) is 1.63. The van der Waals surface area contributed by atoms with Gasteiger partial charge in [0.05, 0.1) is 10.1 Å². The molecule has 0 saturated carbocycles. The van der Waals surface area contributed by atoms with Crippen molar-refractivity contribution in [1.82, 2.24) is 0 Å². The molecule has 0 spiro atoms. The number of fused-ring (bicyclic) bond motifs is 1. The molecular formula is C8H5BrO2S. The summed E-state index contributed by atoms with van der Waals surface area (Å²) in [5, 5.41) is 21.3. The predicted molar refractivity (Wildman–Crippen MR) is 52.9 cm³/mol. The summed E-state index contributed by atoms with van der Waals surface area (Å²) >= 11 is 4.69. The largest absolute Gasteiger partial charge is 0.507 e. The lowest BCUT2D eigenvalue weighted by Crippen LogP contribution is -1.68. The second-order valence-electron chi connectivity index (χ2n) is 2.39. The number of rotatable bonds is 0. The quantitative estimate of drug-likeness (QED) is 0.700. The van der Waals surface area contributed by atoms with Crippen LogP contribution in [0, 0.1) is 0 Å². The van der Waals surface area contributed by atoms with E-state index in [4.69, 9.17) is 0 Å². The maximum absolute atomic E-state index is 9.43. The van der Waals surface area contributed by atoms with Gasteiger partial charge in [0.2, 0.25) is 0 Å². The van der Waals surface area contributed by atoms with Crippen LogP contribution in [0.1, 0.15) is 0 Å². The van der Waals surface area contributed by atoms with Gasteiger partial charge in [0, 0.05) is 9.85 Å². The van der Waals surface area contributed by atoms with Crippen LogP contribution in [0.3, 0.4) is 0 Å². The van der Waals surface area contributed by atoms with Gasteiger partial charge in [-0.05, 0) is 28.1 Å². The Kier molecular flexibility index (Phi) is 1.73. The molecule has 0 fully saturated rings. The fraction of sp³-hybridized carbons (Fsp3) is 0. The monoisotopic (exact) mass is 244 g/mol. The van der Waals surface area contributed by atoms with Gasteiger partial charge in [-0.15, -0.1) is 11.3 Å². The van der Waals surface area contributed by atoms with E-state index in [0.29, 0.717) is 10.1 Å². The van der Waals surface area contributed by atoms with Gasteiger partial charge in [0.15, 0.2) is 0 Å². The van der Waals surface area contributed by atoms with Crippen molar-refractivity contribution in [2.24, 2.45) is 0 Å². The first-order valence-corrected chi connectivity index (χ1v) is 4.95. The summed E-state index contributed by atoms with van der Waals surface area (Å²) in [4.78, 5) is 0. The van der Waals surface area contributed by atoms with E-state index < -0.39 is 0 Å². The molecule has 2 aromatic rings. The standard InChI is InChI=1S/C8H5BrO2S/c9-4-3-12-8-6(11)2-1-5(10)7(4)8/h1-3,10-11H. The average molecular weight is 245 g/mol. The van der Waals surface area contributed by atoms with Crippen molar-refractivity contribution in [2.75, 3.05) is 0 Å². The van der Waals surface area contributed by atoms with Gasteiger partial charge in [0.1, 0.15) is 11.5 Å². The van der Waals surface area contributed by atoms with Crippen molar-refractivity contribution in [1.29, 1.82) is 0 Å². The smallest absolute Gasteiger partial charge is 0.133 e. The van der Waals surface area contributed by atoms with Gasteiger partial charge in [-0.2, -0.15) is 0 Å². The van der Waals surface area contributed by atoms with E-state index in [2.05, 4.69) is 15.9 Å². The van der Waals surface area contributed by atoms with Crippen molar-refractivity contribution < 1.29 is 10.2 Å². The molecule has 0 saturated heterocycles. The van der Waals surface area contributed by atoms with Crippen LogP contribution in [-0.2, 0) is 0 Å². The SMILES string of the molecule is Oc1ccc(O)c2c(Br)csc12. The number of phenols is 2. The molecule has 1 aromatic carbocycles. The highest BCUT2D eigenvalue weighted by atomic mass is 79.9. The zero-order chi connectivity index (χ0) is 8.72. The zero-order valence-electron chi connectivity index (χ0n) is 5.91. The van der Waals surface area contributed by atoms with Crippen molar-refractivity contribution in [3.63, 3.8) is 0 Å². The minimum Gasteiger partial charge on any atom is -0.507 e. The van der Waals surface area contributed by atoms with Crippen molar-refractivity contribution in [2.45, 2.75) is 0 Å². The molecule has 0 aliphatic heterocycles. The molecule has 0 unspecified atom stereocenters. The Labute approximate surface area is 81.2 Å². The number of benzene rings is 1. The Morgan fingerprint density at radius 1 is 1.17 bits per heavy atom. The number of thiophene rings is 1. The Hall–Kier alpha value is -0.740. The van der Waals surface area contributed by atoms with Gasteiger partial charge in [0.25, 0.3) is 0 Å². The summed E-state index contributed by atoms with van der Waals surface area (Å²) in [5.41, 5.74) is 0. The number of aromatic hydroxyl groups is 2. The third kappa shape index (κ3) is 0.990. The van der Waals surface area contributed by atoms with Crippen LogP contribution in [0.25, 0.3) is 10.1 Å². The summed E-state index contributed by atoms with van der Waals surface area (Å²) < 4.78 is 1.53. The van der Waals surface area contributed by atoms with E-state index in [1.54, 1.807) is 0 Å². The maximum atomic E-state index is 9.43. The molecule has 1 heterocycles.